The van der Waals surface area contributed by atoms with Crippen molar-refractivity contribution in [1.29, 1.82) is 0 Å². The van der Waals surface area contributed by atoms with Gasteiger partial charge in [0.2, 0.25) is 5.91 Å². The molecule has 6 rings (SSSR count). The molecule has 4 aromatic rings. The van der Waals surface area contributed by atoms with E-state index < -0.39 is 11.7 Å². The van der Waals surface area contributed by atoms with Crippen LogP contribution in [0, 0.1) is 5.41 Å². The molecule has 1 aliphatic carbocycles. The Kier molecular flexibility index (Phi) is 5.24. The summed E-state index contributed by atoms with van der Waals surface area (Å²) in [6, 6.07) is 8.70. The van der Waals surface area contributed by atoms with Crippen LogP contribution in [-0.4, -0.2) is 48.3 Å². The van der Waals surface area contributed by atoms with E-state index in [4.69, 9.17) is 4.98 Å². The summed E-state index contributed by atoms with van der Waals surface area (Å²) in [5, 5.41) is 15.3. The van der Waals surface area contributed by atoms with Crippen LogP contribution in [0.1, 0.15) is 30.1 Å². The predicted molar refractivity (Wildman–Crippen MR) is 136 cm³/mol. The van der Waals surface area contributed by atoms with Gasteiger partial charge < -0.3 is 14.6 Å². The molecule has 10 heteroatoms. The summed E-state index contributed by atoms with van der Waals surface area (Å²) in [6.45, 7) is 4.85. The van der Waals surface area contributed by atoms with Gasteiger partial charge in [-0.3, -0.25) is 9.48 Å². The lowest BCUT2D eigenvalue weighted by Crippen LogP contribution is -2.63. The molecule has 1 saturated heterocycles. The second-order valence-corrected chi connectivity index (χ2v) is 10.5. The second-order valence-electron chi connectivity index (χ2n) is 10.5. The largest absolute Gasteiger partial charge is 0.508 e. The summed E-state index contributed by atoms with van der Waals surface area (Å²) < 4.78 is 45.8. The minimum Gasteiger partial charge on any atom is -0.508 e. The van der Waals surface area contributed by atoms with Crippen LogP contribution in [0.3, 0.4) is 0 Å². The normalized spacial score (nSPS) is 17.0. The molecule has 3 heterocycles. The number of nitrogens with zero attached hydrogens (tertiary/aromatic N) is 5. The molecule has 0 atom stereocenters. The molecule has 1 aliphatic heterocycles. The van der Waals surface area contributed by atoms with Gasteiger partial charge in [0.1, 0.15) is 11.6 Å². The molecule has 1 N–H and O–H groups in total. The van der Waals surface area contributed by atoms with E-state index in [1.165, 1.54) is 6.08 Å². The van der Waals surface area contributed by atoms with E-state index in [9.17, 15) is 23.1 Å². The van der Waals surface area contributed by atoms with Crippen LogP contribution < -0.4 is 0 Å². The Morgan fingerprint density at radius 2 is 1.89 bits per heavy atom. The molecule has 38 heavy (non-hydrogen) atoms. The lowest BCUT2D eigenvalue weighted by Gasteiger charge is -2.58. The van der Waals surface area contributed by atoms with E-state index in [0.29, 0.717) is 35.9 Å². The fourth-order valence-electron chi connectivity index (χ4n) is 6.15. The van der Waals surface area contributed by atoms with Gasteiger partial charge in [0.05, 0.1) is 28.7 Å². The fourth-order valence-corrected chi connectivity index (χ4v) is 6.15. The standard InChI is InChI=1S/C28H26F3N5O2/c1-4-23(38)36-14-27(15-36)11-18(12-27)26-33-24(16-5-8-22-17(9-16)13-32-35(22)3)25(34(26)2)20-10-19(37)6-7-21(20)28(29,30)31/h4-10,13,18,37H,1,11-12,14-15H2,2-3H3. The first-order valence-corrected chi connectivity index (χ1v) is 12.3. The Morgan fingerprint density at radius 3 is 2.58 bits per heavy atom. The number of amides is 1. The minimum absolute atomic E-state index is 0.0202. The Bertz CT molecular complexity index is 1600. The van der Waals surface area contributed by atoms with E-state index in [-0.39, 0.29) is 28.6 Å². The van der Waals surface area contributed by atoms with Crippen LogP contribution in [0.4, 0.5) is 13.2 Å². The number of carbonyl (C=O) groups is 1. The lowest BCUT2D eigenvalue weighted by atomic mass is 9.57. The van der Waals surface area contributed by atoms with E-state index in [2.05, 4.69) is 11.7 Å². The molecule has 7 nitrogen and oxygen atoms in total. The highest BCUT2D eigenvalue weighted by Gasteiger charge is 2.54. The summed E-state index contributed by atoms with van der Waals surface area (Å²) in [6.07, 6.45) is -0.00406. The number of imidazole rings is 1. The molecule has 1 spiro atoms. The summed E-state index contributed by atoms with van der Waals surface area (Å²) in [5.41, 5.74) is 1.33. The number of benzene rings is 2. The second kappa shape index (κ2) is 8.21. The van der Waals surface area contributed by atoms with Crippen molar-refractivity contribution in [2.24, 2.45) is 19.5 Å². The monoisotopic (exact) mass is 521 g/mol. The van der Waals surface area contributed by atoms with Crippen LogP contribution >= 0.6 is 0 Å². The molecule has 1 amide bonds. The number of likely N-dealkylation sites (tertiary alicyclic amines) is 1. The number of alkyl halides is 3. The van der Waals surface area contributed by atoms with Crippen molar-refractivity contribution in [3.63, 3.8) is 0 Å². The number of fused-ring (bicyclic) bond motifs is 1. The number of hydrogen-bond acceptors (Lipinski definition) is 4. The number of aryl methyl sites for hydroxylation is 1. The highest BCUT2D eigenvalue weighted by molar-refractivity contribution is 5.89. The van der Waals surface area contributed by atoms with Crippen molar-refractivity contribution >= 4 is 16.8 Å². The first-order valence-electron chi connectivity index (χ1n) is 12.3. The van der Waals surface area contributed by atoms with E-state index in [1.807, 2.05) is 25.2 Å². The zero-order chi connectivity index (χ0) is 27.0. The van der Waals surface area contributed by atoms with Crippen LogP contribution in [0.2, 0.25) is 0 Å². The molecule has 196 valence electrons. The number of aromatic nitrogens is 4. The van der Waals surface area contributed by atoms with Gasteiger partial charge in [-0.25, -0.2) is 4.98 Å². The molecule has 0 bridgehead atoms. The van der Waals surface area contributed by atoms with Gasteiger partial charge in [-0.1, -0.05) is 12.6 Å². The van der Waals surface area contributed by atoms with Crippen LogP contribution in [0.5, 0.6) is 5.75 Å². The van der Waals surface area contributed by atoms with Gasteiger partial charge in [0.15, 0.2) is 0 Å². The van der Waals surface area contributed by atoms with Gasteiger partial charge in [0, 0.05) is 55.0 Å². The summed E-state index contributed by atoms with van der Waals surface area (Å²) in [5.74, 6) is 0.391. The lowest BCUT2D eigenvalue weighted by molar-refractivity contribution is -0.146. The summed E-state index contributed by atoms with van der Waals surface area (Å²) in [4.78, 5) is 18.6. The first kappa shape index (κ1) is 24.3. The molecule has 0 radical (unpaired) electrons. The number of phenolic OH excluding ortho intramolecular Hbond substituents is 1. The molecular formula is C28H26F3N5O2. The number of carbonyl (C=O) groups excluding carboxylic acids is 1. The maximum absolute atomic E-state index is 14.1. The summed E-state index contributed by atoms with van der Waals surface area (Å²) >= 11 is 0. The molecular weight excluding hydrogens is 495 g/mol. The highest BCUT2D eigenvalue weighted by Crippen LogP contribution is 2.56. The topological polar surface area (TPSA) is 76.2 Å². The van der Waals surface area contributed by atoms with Crippen LogP contribution in [-0.2, 0) is 25.1 Å². The maximum Gasteiger partial charge on any atom is 0.417 e. The van der Waals surface area contributed by atoms with E-state index in [1.54, 1.807) is 27.4 Å². The van der Waals surface area contributed by atoms with Gasteiger partial charge in [-0.15, -0.1) is 0 Å². The van der Waals surface area contributed by atoms with Crippen molar-refractivity contribution in [2.75, 3.05) is 13.1 Å². The van der Waals surface area contributed by atoms with E-state index in [0.717, 1.165) is 41.9 Å². The highest BCUT2D eigenvalue weighted by atomic mass is 19.4. The predicted octanol–water partition coefficient (Wildman–Crippen LogP) is 5.26. The van der Waals surface area contributed by atoms with Gasteiger partial charge >= 0.3 is 6.18 Å². The number of phenols is 1. The SMILES string of the molecule is C=CC(=O)N1CC2(CC(c3nc(-c4ccc5c(cnn5C)c4)c(-c4cc(O)ccc4C(F)(F)F)n3C)C2)C1. The van der Waals surface area contributed by atoms with Crippen molar-refractivity contribution in [1.82, 2.24) is 24.2 Å². The van der Waals surface area contributed by atoms with Gasteiger partial charge in [-0.05, 0) is 49.2 Å². The molecule has 1 saturated carbocycles. The molecule has 2 aromatic heterocycles. The zero-order valence-electron chi connectivity index (χ0n) is 21.0. The number of hydrogen-bond donors (Lipinski definition) is 1. The Hall–Kier alpha value is -4.08. The van der Waals surface area contributed by atoms with Gasteiger partial charge in [0.25, 0.3) is 0 Å². The molecule has 0 unspecified atom stereocenters. The fraction of sp³-hybridized carbons (Fsp3) is 0.321. The third kappa shape index (κ3) is 3.69. The van der Waals surface area contributed by atoms with Crippen molar-refractivity contribution in [3.05, 3.63) is 66.6 Å². The zero-order valence-corrected chi connectivity index (χ0v) is 21.0. The quantitative estimate of drug-likeness (QED) is 0.372. The average Bonchev–Trinajstić information content (AvgIpc) is 3.35. The number of halogens is 3. The molecule has 2 aliphatic rings. The molecule has 2 fully saturated rings. The molecule has 2 aromatic carbocycles. The third-order valence-corrected chi connectivity index (χ3v) is 7.98. The third-order valence-electron chi connectivity index (χ3n) is 7.98. The number of aromatic hydroxyl groups is 1. The van der Waals surface area contributed by atoms with Crippen molar-refractivity contribution < 1.29 is 23.1 Å². The first-order chi connectivity index (χ1) is 18.0. The number of rotatable bonds is 4. The maximum atomic E-state index is 14.1. The Morgan fingerprint density at radius 1 is 1.16 bits per heavy atom. The van der Waals surface area contributed by atoms with Crippen LogP contribution in [0.15, 0.2) is 55.3 Å². The smallest absolute Gasteiger partial charge is 0.417 e. The van der Waals surface area contributed by atoms with Gasteiger partial charge in [-0.2, -0.15) is 18.3 Å². The Balaban J connectivity index is 1.46. The van der Waals surface area contributed by atoms with E-state index >= 15 is 0 Å². The van der Waals surface area contributed by atoms with Crippen molar-refractivity contribution in [2.45, 2.75) is 24.9 Å². The minimum atomic E-state index is -4.62. The van der Waals surface area contributed by atoms with Crippen LogP contribution in [0.25, 0.3) is 33.4 Å². The van der Waals surface area contributed by atoms with Crippen molar-refractivity contribution in [3.8, 4) is 28.3 Å². The Labute approximate surface area is 216 Å². The average molecular weight is 522 g/mol. The summed E-state index contributed by atoms with van der Waals surface area (Å²) in [7, 11) is 3.55.